The van der Waals surface area contributed by atoms with Gasteiger partial charge < -0.3 is 15.1 Å². The van der Waals surface area contributed by atoms with Crippen molar-refractivity contribution >= 4 is 23.2 Å². The fourth-order valence-electron chi connectivity index (χ4n) is 2.42. The average Bonchev–Trinajstić information content (AvgIpc) is 2.59. The highest BCUT2D eigenvalue weighted by atomic mass is 19.1. The Balaban J connectivity index is 2.06. The number of carbonyl (C=O) groups excluding carboxylic acids is 2. The summed E-state index contributed by atoms with van der Waals surface area (Å²) in [5.74, 6) is -0.710. The number of benzene rings is 2. The van der Waals surface area contributed by atoms with Crippen LogP contribution in [0.3, 0.4) is 0 Å². The maximum Gasteiger partial charge on any atom is 0.253 e. The number of halogens is 1. The van der Waals surface area contributed by atoms with Gasteiger partial charge in [0.05, 0.1) is 6.54 Å². The molecule has 0 saturated carbocycles. The number of nitrogens with one attached hydrogen (secondary N) is 1. The summed E-state index contributed by atoms with van der Waals surface area (Å²) in [5.41, 5.74) is 1.70. The lowest BCUT2D eigenvalue weighted by Crippen LogP contribution is -2.33. The smallest absolute Gasteiger partial charge is 0.253 e. The topological polar surface area (TPSA) is 52.7 Å². The molecule has 0 spiro atoms. The summed E-state index contributed by atoms with van der Waals surface area (Å²) in [5, 5.41) is 2.78. The lowest BCUT2D eigenvalue weighted by atomic mass is 10.2. The molecule has 5 nitrogen and oxygen atoms in total. The molecule has 0 bridgehead atoms. The molecule has 0 aliphatic heterocycles. The van der Waals surface area contributed by atoms with Crippen LogP contribution in [0.1, 0.15) is 17.3 Å². The van der Waals surface area contributed by atoms with Gasteiger partial charge in [0, 0.05) is 37.6 Å². The molecular formula is C19H22FN3O2. The van der Waals surface area contributed by atoms with E-state index in [1.807, 2.05) is 6.92 Å². The fraction of sp³-hybridized carbons (Fsp3) is 0.263. The van der Waals surface area contributed by atoms with Gasteiger partial charge in [-0.15, -0.1) is 0 Å². The van der Waals surface area contributed by atoms with Gasteiger partial charge in [0.15, 0.2) is 0 Å². The van der Waals surface area contributed by atoms with Crippen LogP contribution in [0, 0.1) is 5.82 Å². The Morgan fingerprint density at radius 3 is 2.44 bits per heavy atom. The zero-order valence-electron chi connectivity index (χ0n) is 14.6. The minimum Gasteiger partial charge on any atom is -0.362 e. The van der Waals surface area contributed by atoms with Crippen molar-refractivity contribution in [3.8, 4) is 0 Å². The van der Waals surface area contributed by atoms with Crippen molar-refractivity contribution in [1.82, 2.24) is 4.90 Å². The normalized spacial score (nSPS) is 10.2. The number of hydrogen-bond donors (Lipinski definition) is 1. The van der Waals surface area contributed by atoms with E-state index >= 15 is 0 Å². The second kappa shape index (κ2) is 8.28. The molecule has 2 amide bonds. The molecule has 0 radical (unpaired) electrons. The molecule has 2 aromatic rings. The first-order chi connectivity index (χ1) is 11.9. The minimum absolute atomic E-state index is 0.0891. The Morgan fingerprint density at radius 2 is 1.80 bits per heavy atom. The Labute approximate surface area is 147 Å². The Bertz CT molecular complexity index is 762. The van der Waals surface area contributed by atoms with Crippen LogP contribution >= 0.6 is 0 Å². The Kier molecular flexibility index (Phi) is 6.11. The van der Waals surface area contributed by atoms with Crippen molar-refractivity contribution < 1.29 is 14.0 Å². The SMILES string of the molecule is CCN(CC(=O)Nc1cccc(C(=O)N(C)C)c1)c1cccc(F)c1. The summed E-state index contributed by atoms with van der Waals surface area (Å²) in [6.45, 7) is 2.55. The van der Waals surface area contributed by atoms with Gasteiger partial charge in [0.25, 0.3) is 5.91 Å². The van der Waals surface area contributed by atoms with Gasteiger partial charge in [-0.1, -0.05) is 12.1 Å². The predicted molar refractivity (Wildman–Crippen MR) is 97.4 cm³/mol. The molecule has 132 valence electrons. The molecular weight excluding hydrogens is 321 g/mol. The second-order valence-electron chi connectivity index (χ2n) is 5.82. The van der Waals surface area contributed by atoms with E-state index in [0.717, 1.165) is 0 Å². The molecule has 0 aliphatic carbocycles. The molecule has 6 heteroatoms. The highest BCUT2D eigenvalue weighted by molar-refractivity contribution is 5.98. The van der Waals surface area contributed by atoms with Crippen LogP contribution < -0.4 is 10.2 Å². The quantitative estimate of drug-likeness (QED) is 0.877. The monoisotopic (exact) mass is 343 g/mol. The van der Waals surface area contributed by atoms with Crippen molar-refractivity contribution in [2.45, 2.75) is 6.92 Å². The molecule has 1 N–H and O–H groups in total. The van der Waals surface area contributed by atoms with E-state index in [2.05, 4.69) is 5.32 Å². The zero-order valence-corrected chi connectivity index (χ0v) is 14.6. The predicted octanol–water partition coefficient (Wildman–Crippen LogP) is 2.99. The van der Waals surface area contributed by atoms with Crippen LogP contribution in [0.4, 0.5) is 15.8 Å². The van der Waals surface area contributed by atoms with Crippen LogP contribution in [0.15, 0.2) is 48.5 Å². The Hall–Kier alpha value is -2.89. The molecule has 0 saturated heterocycles. The van der Waals surface area contributed by atoms with Crippen molar-refractivity contribution in [3.05, 3.63) is 59.9 Å². The van der Waals surface area contributed by atoms with Gasteiger partial charge in [-0.3, -0.25) is 9.59 Å². The first kappa shape index (κ1) is 18.4. The molecule has 0 heterocycles. The largest absolute Gasteiger partial charge is 0.362 e. The van der Waals surface area contributed by atoms with Crippen LogP contribution in [0.5, 0.6) is 0 Å². The number of hydrogen-bond acceptors (Lipinski definition) is 3. The van der Waals surface area contributed by atoms with Crippen molar-refractivity contribution in [2.75, 3.05) is 37.4 Å². The lowest BCUT2D eigenvalue weighted by molar-refractivity contribution is -0.115. The van der Waals surface area contributed by atoms with Gasteiger partial charge in [0.2, 0.25) is 5.91 Å². The summed E-state index contributed by atoms with van der Waals surface area (Å²) < 4.78 is 13.4. The number of amides is 2. The standard InChI is InChI=1S/C19H22FN3O2/c1-4-23(17-10-6-8-15(20)12-17)13-18(24)21-16-9-5-7-14(11-16)19(25)22(2)3/h5-12H,4,13H2,1-3H3,(H,21,24). The maximum absolute atomic E-state index is 13.4. The summed E-state index contributed by atoms with van der Waals surface area (Å²) in [4.78, 5) is 27.6. The van der Waals surface area contributed by atoms with Crippen LogP contribution in [-0.2, 0) is 4.79 Å². The minimum atomic E-state index is -0.341. The summed E-state index contributed by atoms with van der Waals surface area (Å²) >= 11 is 0. The third-order valence-electron chi connectivity index (χ3n) is 3.69. The van der Waals surface area contributed by atoms with Gasteiger partial charge in [-0.25, -0.2) is 4.39 Å². The van der Waals surface area contributed by atoms with Gasteiger partial charge >= 0.3 is 0 Å². The molecule has 0 unspecified atom stereocenters. The molecule has 0 fully saturated rings. The molecule has 0 aliphatic rings. The summed E-state index contributed by atoms with van der Waals surface area (Å²) in [6, 6.07) is 12.9. The molecule has 0 aromatic heterocycles. The fourth-order valence-corrected chi connectivity index (χ4v) is 2.42. The summed E-state index contributed by atoms with van der Waals surface area (Å²) in [6.07, 6.45) is 0. The van der Waals surface area contributed by atoms with Crippen molar-refractivity contribution in [3.63, 3.8) is 0 Å². The zero-order chi connectivity index (χ0) is 18.4. The highest BCUT2D eigenvalue weighted by Gasteiger charge is 2.13. The van der Waals surface area contributed by atoms with E-state index in [-0.39, 0.29) is 24.2 Å². The van der Waals surface area contributed by atoms with E-state index in [4.69, 9.17) is 0 Å². The van der Waals surface area contributed by atoms with E-state index in [1.54, 1.807) is 55.4 Å². The molecule has 25 heavy (non-hydrogen) atoms. The summed E-state index contributed by atoms with van der Waals surface area (Å²) in [7, 11) is 3.34. The first-order valence-electron chi connectivity index (χ1n) is 8.02. The third kappa shape index (κ3) is 5.04. The van der Waals surface area contributed by atoms with Crippen molar-refractivity contribution in [1.29, 1.82) is 0 Å². The number of rotatable bonds is 6. The van der Waals surface area contributed by atoms with E-state index < -0.39 is 0 Å². The highest BCUT2D eigenvalue weighted by Crippen LogP contribution is 2.16. The van der Waals surface area contributed by atoms with Crippen LogP contribution in [-0.4, -0.2) is 43.9 Å². The molecule has 0 atom stereocenters. The number of nitrogens with zero attached hydrogens (tertiary/aromatic N) is 2. The molecule has 2 aromatic carbocycles. The average molecular weight is 343 g/mol. The van der Waals surface area contributed by atoms with Gasteiger partial charge in [0.1, 0.15) is 5.82 Å². The number of carbonyl (C=O) groups is 2. The van der Waals surface area contributed by atoms with Gasteiger partial charge in [-0.2, -0.15) is 0 Å². The molecule has 2 rings (SSSR count). The van der Waals surface area contributed by atoms with Gasteiger partial charge in [-0.05, 0) is 43.3 Å². The van der Waals surface area contributed by atoms with E-state index in [9.17, 15) is 14.0 Å². The van der Waals surface area contributed by atoms with E-state index in [0.29, 0.717) is 23.5 Å². The number of anilines is 2. The number of likely N-dealkylation sites (N-methyl/N-ethyl adjacent to an activating group) is 1. The first-order valence-corrected chi connectivity index (χ1v) is 8.02. The second-order valence-corrected chi connectivity index (χ2v) is 5.82. The lowest BCUT2D eigenvalue weighted by Gasteiger charge is -2.22. The van der Waals surface area contributed by atoms with Crippen molar-refractivity contribution in [2.24, 2.45) is 0 Å². The maximum atomic E-state index is 13.4. The Morgan fingerprint density at radius 1 is 1.08 bits per heavy atom. The van der Waals surface area contributed by atoms with Crippen LogP contribution in [0.25, 0.3) is 0 Å². The third-order valence-corrected chi connectivity index (χ3v) is 3.69. The van der Waals surface area contributed by atoms with Crippen LogP contribution in [0.2, 0.25) is 0 Å². The van der Waals surface area contributed by atoms with E-state index in [1.165, 1.54) is 17.0 Å².